The van der Waals surface area contributed by atoms with E-state index in [0.717, 1.165) is 32.4 Å². The van der Waals surface area contributed by atoms with Gasteiger partial charge in [0.05, 0.1) is 5.69 Å². The van der Waals surface area contributed by atoms with Gasteiger partial charge in [-0.25, -0.2) is 4.98 Å². The molecule has 0 aromatic carbocycles. The highest BCUT2D eigenvalue weighted by Gasteiger charge is 2.18. The Morgan fingerprint density at radius 3 is 2.71 bits per heavy atom. The second kappa shape index (κ2) is 5.34. The molecule has 0 saturated carbocycles. The zero-order valence-corrected chi connectivity index (χ0v) is 12.9. The third-order valence-corrected chi connectivity index (χ3v) is 4.23. The molecule has 0 unspecified atom stereocenters. The molecule has 0 radical (unpaired) electrons. The Kier molecular flexibility index (Phi) is 3.52. The van der Waals surface area contributed by atoms with E-state index in [1.807, 2.05) is 26.8 Å². The van der Waals surface area contributed by atoms with E-state index in [2.05, 4.69) is 20.1 Å². The van der Waals surface area contributed by atoms with Crippen molar-refractivity contribution in [2.45, 2.75) is 27.3 Å². The van der Waals surface area contributed by atoms with Crippen LogP contribution < -0.4 is 5.73 Å². The van der Waals surface area contributed by atoms with Crippen molar-refractivity contribution in [1.29, 1.82) is 0 Å². The van der Waals surface area contributed by atoms with Gasteiger partial charge in [-0.15, -0.1) is 11.3 Å². The topological polar surface area (TPSA) is 90.7 Å². The quantitative estimate of drug-likeness (QED) is 0.799. The van der Waals surface area contributed by atoms with Gasteiger partial charge in [-0.05, 0) is 31.9 Å². The van der Waals surface area contributed by atoms with Crippen LogP contribution in [0.2, 0.25) is 0 Å². The highest BCUT2D eigenvalue weighted by atomic mass is 32.1. The van der Waals surface area contributed by atoms with Gasteiger partial charge in [0.1, 0.15) is 15.6 Å². The van der Waals surface area contributed by atoms with Crippen LogP contribution in [0.1, 0.15) is 21.8 Å². The smallest absolute Gasteiger partial charge is 0.270 e. The molecule has 3 rings (SSSR count). The van der Waals surface area contributed by atoms with Crippen molar-refractivity contribution in [1.82, 2.24) is 20.1 Å². The van der Waals surface area contributed by atoms with Crippen LogP contribution in [0.5, 0.6) is 0 Å². The highest BCUT2D eigenvalue weighted by Crippen LogP contribution is 2.30. The molecule has 6 nitrogen and oxygen atoms in total. The maximum Gasteiger partial charge on any atom is 0.270 e. The second-order valence-electron chi connectivity index (χ2n) is 4.83. The van der Waals surface area contributed by atoms with Crippen LogP contribution in [0.15, 0.2) is 16.8 Å². The summed E-state index contributed by atoms with van der Waals surface area (Å²) in [6.45, 7) is 6.30. The number of thiazole rings is 1. The molecule has 0 spiro atoms. The van der Waals surface area contributed by atoms with E-state index in [1.54, 1.807) is 6.20 Å². The van der Waals surface area contributed by atoms with Crippen LogP contribution in [0.3, 0.4) is 0 Å². The largest absolute Gasteiger partial charge is 0.333 e. The van der Waals surface area contributed by atoms with Gasteiger partial charge in [0.2, 0.25) is 5.82 Å². The van der Waals surface area contributed by atoms with Gasteiger partial charge in [-0.1, -0.05) is 11.2 Å². The molecule has 21 heavy (non-hydrogen) atoms. The molecule has 0 aliphatic carbocycles. The van der Waals surface area contributed by atoms with Gasteiger partial charge >= 0.3 is 0 Å². The van der Waals surface area contributed by atoms with Crippen molar-refractivity contribution in [3.05, 3.63) is 34.1 Å². The summed E-state index contributed by atoms with van der Waals surface area (Å²) in [4.78, 5) is 14.0. The number of hydrogen-bond acceptors (Lipinski definition) is 7. The van der Waals surface area contributed by atoms with Gasteiger partial charge in [0.25, 0.3) is 5.89 Å². The van der Waals surface area contributed by atoms with Crippen molar-refractivity contribution in [2.75, 3.05) is 0 Å². The van der Waals surface area contributed by atoms with Crippen LogP contribution in [-0.4, -0.2) is 20.1 Å². The van der Waals surface area contributed by atoms with Crippen molar-refractivity contribution in [2.24, 2.45) is 5.73 Å². The number of nitrogens with two attached hydrogens (primary N) is 1. The Morgan fingerprint density at radius 1 is 1.24 bits per heavy atom. The Balaban J connectivity index is 2.01. The van der Waals surface area contributed by atoms with Gasteiger partial charge < -0.3 is 10.3 Å². The summed E-state index contributed by atoms with van der Waals surface area (Å²) in [5.74, 6) is 0.950. The zero-order valence-electron chi connectivity index (χ0n) is 12.0. The average molecular weight is 301 g/mol. The fraction of sp³-hybridized carbons (Fsp3) is 0.286. The lowest BCUT2D eigenvalue weighted by atomic mass is 10.1. The first-order valence-corrected chi connectivity index (χ1v) is 7.34. The molecule has 0 atom stereocenters. The summed E-state index contributed by atoms with van der Waals surface area (Å²) in [5, 5.41) is 4.88. The fourth-order valence-electron chi connectivity index (χ4n) is 2.10. The first-order valence-electron chi connectivity index (χ1n) is 6.52. The number of pyridine rings is 1. The van der Waals surface area contributed by atoms with Crippen LogP contribution in [0.4, 0.5) is 0 Å². The molecular formula is C14H15N5OS. The maximum absolute atomic E-state index is 5.61. The Hall–Kier alpha value is -2.12. The number of aryl methyl sites for hydroxylation is 3. The zero-order chi connectivity index (χ0) is 15.0. The lowest BCUT2D eigenvalue weighted by Gasteiger charge is -2.00. The SMILES string of the molecule is Cc1cnc(-c2noc(-c3sc(CN)nc3C)n2)c(C)c1. The number of aromatic nitrogens is 4. The third kappa shape index (κ3) is 2.57. The predicted molar refractivity (Wildman–Crippen MR) is 80.7 cm³/mol. The normalized spacial score (nSPS) is 11.0. The van der Waals surface area contributed by atoms with Crippen LogP contribution in [0, 0.1) is 20.8 Å². The van der Waals surface area contributed by atoms with Gasteiger partial charge in [0, 0.05) is 12.7 Å². The van der Waals surface area contributed by atoms with E-state index in [0.29, 0.717) is 18.3 Å². The average Bonchev–Trinajstić information content (AvgIpc) is 3.05. The summed E-state index contributed by atoms with van der Waals surface area (Å²) >= 11 is 1.47. The summed E-state index contributed by atoms with van der Waals surface area (Å²) < 4.78 is 5.36. The standard InChI is InChI=1S/C14H15N5OS/c1-7-4-8(2)11(16-6-7)13-18-14(20-19-13)12-9(3)17-10(5-15)21-12/h4,6H,5,15H2,1-3H3. The van der Waals surface area contributed by atoms with Gasteiger partial charge in [0.15, 0.2) is 0 Å². The second-order valence-corrected chi connectivity index (χ2v) is 5.91. The summed E-state index contributed by atoms with van der Waals surface area (Å²) in [5.41, 5.74) is 9.32. The Labute approximate surface area is 126 Å². The Morgan fingerprint density at radius 2 is 2.05 bits per heavy atom. The number of rotatable bonds is 3. The van der Waals surface area contributed by atoms with E-state index in [9.17, 15) is 0 Å². The highest BCUT2D eigenvalue weighted by molar-refractivity contribution is 7.15. The molecule has 0 aliphatic heterocycles. The molecule has 3 aromatic rings. The van der Waals surface area contributed by atoms with Gasteiger partial charge in [-0.3, -0.25) is 4.98 Å². The van der Waals surface area contributed by atoms with Crippen molar-refractivity contribution in [3.63, 3.8) is 0 Å². The first kappa shape index (κ1) is 13.8. The number of hydrogen-bond donors (Lipinski definition) is 1. The summed E-state index contributed by atoms with van der Waals surface area (Å²) in [6.07, 6.45) is 1.79. The maximum atomic E-state index is 5.61. The molecular weight excluding hydrogens is 286 g/mol. The van der Waals surface area contributed by atoms with Crippen LogP contribution in [0.25, 0.3) is 22.3 Å². The van der Waals surface area contributed by atoms with E-state index in [1.165, 1.54) is 11.3 Å². The van der Waals surface area contributed by atoms with Crippen molar-refractivity contribution < 1.29 is 4.52 Å². The molecule has 7 heteroatoms. The predicted octanol–water partition coefficient (Wildman–Crippen LogP) is 2.64. The molecule has 2 N–H and O–H groups in total. The van der Waals surface area contributed by atoms with E-state index >= 15 is 0 Å². The molecule has 0 fully saturated rings. The minimum absolute atomic E-state index is 0.408. The lowest BCUT2D eigenvalue weighted by molar-refractivity contribution is 0.432. The monoisotopic (exact) mass is 301 g/mol. The third-order valence-electron chi connectivity index (χ3n) is 3.06. The van der Waals surface area contributed by atoms with Crippen LogP contribution >= 0.6 is 11.3 Å². The molecule has 0 aliphatic rings. The van der Waals surface area contributed by atoms with Crippen LogP contribution in [-0.2, 0) is 6.54 Å². The first-order chi connectivity index (χ1) is 10.1. The minimum atomic E-state index is 0.408. The Bertz CT molecular complexity index is 793. The molecule has 0 bridgehead atoms. The summed E-state index contributed by atoms with van der Waals surface area (Å²) in [7, 11) is 0. The lowest BCUT2D eigenvalue weighted by Crippen LogP contribution is -1.94. The summed E-state index contributed by atoms with van der Waals surface area (Å²) in [6, 6.07) is 2.04. The molecule has 0 saturated heterocycles. The molecule has 3 aromatic heterocycles. The number of nitrogens with zero attached hydrogens (tertiary/aromatic N) is 4. The molecule has 3 heterocycles. The fourth-order valence-corrected chi connectivity index (χ4v) is 2.96. The van der Waals surface area contributed by atoms with Crippen molar-refractivity contribution in [3.8, 4) is 22.3 Å². The van der Waals surface area contributed by atoms with Gasteiger partial charge in [-0.2, -0.15) is 4.98 Å². The minimum Gasteiger partial charge on any atom is -0.333 e. The van der Waals surface area contributed by atoms with E-state index in [4.69, 9.17) is 10.3 Å². The molecule has 0 amide bonds. The molecule has 108 valence electrons. The van der Waals surface area contributed by atoms with E-state index < -0.39 is 0 Å². The van der Waals surface area contributed by atoms with Crippen molar-refractivity contribution >= 4 is 11.3 Å². The van der Waals surface area contributed by atoms with E-state index in [-0.39, 0.29) is 0 Å².